The van der Waals surface area contributed by atoms with Crippen LogP contribution >= 0.6 is 0 Å². The van der Waals surface area contributed by atoms with Crippen LogP contribution < -0.4 is 20.4 Å². The number of quaternary nitrogens is 1. The third-order valence-electron chi connectivity index (χ3n) is 4.88. The normalized spacial score (nSPS) is 17.0. The predicted molar refractivity (Wildman–Crippen MR) is 113 cm³/mol. The van der Waals surface area contributed by atoms with Crippen molar-refractivity contribution in [2.24, 2.45) is 0 Å². The highest BCUT2D eigenvalue weighted by Crippen LogP contribution is 2.30. The molecule has 0 radical (unpaired) electrons. The first-order valence-corrected chi connectivity index (χ1v) is 9.72. The van der Waals surface area contributed by atoms with Crippen LogP contribution in [0, 0.1) is 6.92 Å². The molecule has 0 fully saturated rings. The number of hydrogen-bond donors (Lipinski definition) is 3. The molecule has 152 valence electrons. The molecule has 2 aromatic carbocycles. The molecule has 1 heterocycles. The van der Waals surface area contributed by atoms with Crippen molar-refractivity contribution >= 4 is 34.8 Å². The molecule has 1 aliphatic rings. The Hall–Kier alpha value is -3.19. The molecule has 1 aliphatic heterocycles. The number of nitrogens with zero attached hydrogens (tertiary/aromatic N) is 1. The molecule has 0 bridgehead atoms. The highest BCUT2D eigenvalue weighted by Gasteiger charge is 2.31. The summed E-state index contributed by atoms with van der Waals surface area (Å²) in [6.45, 7) is 4.16. The molecule has 0 aromatic heterocycles. The second-order valence-corrected chi connectivity index (χ2v) is 7.61. The standard InChI is InChI=1S/C22H26N4O3/c1-15-8-10-17(11-9-15)23-21(28)13-25(3)14-22(29)26-16(2)12-20(27)24-18-6-4-5-7-19(18)26/h4-11,16H,12-14H2,1-3H3,(H,23,28)(H,24,27)/p+1/t16-/m1/s1. The number of benzene rings is 2. The highest BCUT2D eigenvalue weighted by molar-refractivity contribution is 6.04. The molecule has 7 nitrogen and oxygen atoms in total. The molecule has 2 aromatic rings. The van der Waals surface area contributed by atoms with E-state index in [-0.39, 0.29) is 43.3 Å². The zero-order valence-corrected chi connectivity index (χ0v) is 17.0. The van der Waals surface area contributed by atoms with Crippen molar-refractivity contribution in [3.05, 3.63) is 54.1 Å². The van der Waals surface area contributed by atoms with E-state index < -0.39 is 0 Å². The van der Waals surface area contributed by atoms with E-state index in [1.807, 2.05) is 63.4 Å². The number of amides is 3. The van der Waals surface area contributed by atoms with Gasteiger partial charge in [-0.3, -0.25) is 14.4 Å². The van der Waals surface area contributed by atoms with E-state index >= 15 is 0 Å². The van der Waals surface area contributed by atoms with Gasteiger partial charge in [0.05, 0.1) is 18.4 Å². The summed E-state index contributed by atoms with van der Waals surface area (Å²) in [6, 6.07) is 14.6. The first-order chi connectivity index (χ1) is 13.8. The van der Waals surface area contributed by atoms with Gasteiger partial charge >= 0.3 is 0 Å². The summed E-state index contributed by atoms with van der Waals surface area (Å²) in [7, 11) is 1.81. The van der Waals surface area contributed by atoms with Gasteiger partial charge in [-0.1, -0.05) is 29.8 Å². The number of nitrogens with one attached hydrogen (secondary N) is 3. The van der Waals surface area contributed by atoms with Gasteiger partial charge < -0.3 is 20.4 Å². The second-order valence-electron chi connectivity index (χ2n) is 7.61. The minimum absolute atomic E-state index is 0.113. The lowest BCUT2D eigenvalue weighted by atomic mass is 10.1. The molecular weight excluding hydrogens is 368 g/mol. The molecule has 0 aliphatic carbocycles. The summed E-state index contributed by atoms with van der Waals surface area (Å²) in [5.74, 6) is -0.388. The van der Waals surface area contributed by atoms with Crippen LogP contribution in [0.25, 0.3) is 0 Å². The summed E-state index contributed by atoms with van der Waals surface area (Å²) < 4.78 is 0. The van der Waals surface area contributed by atoms with Crippen LogP contribution in [0.5, 0.6) is 0 Å². The van der Waals surface area contributed by atoms with Crippen molar-refractivity contribution in [2.75, 3.05) is 35.7 Å². The molecular formula is C22H27N4O3+. The van der Waals surface area contributed by atoms with Crippen LogP contribution in [0.3, 0.4) is 0 Å². The van der Waals surface area contributed by atoms with E-state index in [1.54, 1.807) is 11.0 Å². The van der Waals surface area contributed by atoms with Gasteiger partial charge in [-0.25, -0.2) is 0 Å². The Kier molecular flexibility index (Phi) is 6.29. The van der Waals surface area contributed by atoms with E-state index in [0.717, 1.165) is 16.2 Å². The van der Waals surface area contributed by atoms with Crippen molar-refractivity contribution in [2.45, 2.75) is 26.3 Å². The summed E-state index contributed by atoms with van der Waals surface area (Å²) in [5.41, 5.74) is 3.17. The highest BCUT2D eigenvalue weighted by atomic mass is 16.2. The van der Waals surface area contributed by atoms with Gasteiger partial charge in [0.2, 0.25) is 5.91 Å². The number of aryl methyl sites for hydroxylation is 1. The average Bonchev–Trinajstić information content (AvgIpc) is 2.77. The van der Waals surface area contributed by atoms with Gasteiger partial charge in [-0.2, -0.15) is 0 Å². The number of para-hydroxylation sites is 2. The topological polar surface area (TPSA) is 82.9 Å². The summed E-state index contributed by atoms with van der Waals surface area (Å²) in [5, 5.41) is 5.70. The van der Waals surface area contributed by atoms with E-state index in [0.29, 0.717) is 11.4 Å². The maximum atomic E-state index is 13.1. The van der Waals surface area contributed by atoms with Gasteiger partial charge in [-0.05, 0) is 38.1 Å². The molecule has 0 spiro atoms. The Morgan fingerprint density at radius 3 is 2.55 bits per heavy atom. The number of rotatable bonds is 5. The van der Waals surface area contributed by atoms with Crippen LogP contribution in [0.15, 0.2) is 48.5 Å². The monoisotopic (exact) mass is 395 g/mol. The van der Waals surface area contributed by atoms with Crippen LogP contribution in [-0.4, -0.2) is 43.9 Å². The number of carbonyl (C=O) groups excluding carboxylic acids is 3. The largest absolute Gasteiger partial charge is 0.324 e. The Morgan fingerprint density at radius 2 is 1.83 bits per heavy atom. The Bertz CT molecular complexity index is 911. The fraction of sp³-hybridized carbons (Fsp3) is 0.318. The lowest BCUT2D eigenvalue weighted by molar-refractivity contribution is -0.862. The molecule has 2 atom stereocenters. The molecule has 3 N–H and O–H groups in total. The first-order valence-electron chi connectivity index (χ1n) is 9.72. The van der Waals surface area contributed by atoms with Gasteiger partial charge in [-0.15, -0.1) is 0 Å². The Balaban J connectivity index is 1.64. The zero-order chi connectivity index (χ0) is 21.0. The average molecular weight is 395 g/mol. The third-order valence-corrected chi connectivity index (χ3v) is 4.88. The van der Waals surface area contributed by atoms with Gasteiger partial charge in [0.1, 0.15) is 0 Å². The van der Waals surface area contributed by atoms with Crippen molar-refractivity contribution in [3.8, 4) is 0 Å². The Morgan fingerprint density at radius 1 is 1.14 bits per heavy atom. The minimum Gasteiger partial charge on any atom is -0.324 e. The number of fused-ring (bicyclic) bond motifs is 1. The fourth-order valence-electron chi connectivity index (χ4n) is 3.49. The van der Waals surface area contributed by atoms with Crippen molar-refractivity contribution in [1.29, 1.82) is 0 Å². The molecule has 1 unspecified atom stereocenters. The zero-order valence-electron chi connectivity index (χ0n) is 17.0. The van der Waals surface area contributed by atoms with Gasteiger partial charge in [0.15, 0.2) is 13.1 Å². The van der Waals surface area contributed by atoms with Crippen molar-refractivity contribution in [1.82, 2.24) is 0 Å². The van der Waals surface area contributed by atoms with Crippen LogP contribution in [0.2, 0.25) is 0 Å². The lowest BCUT2D eigenvalue weighted by Crippen LogP contribution is -3.11. The predicted octanol–water partition coefficient (Wildman–Crippen LogP) is 1.21. The van der Waals surface area contributed by atoms with Crippen molar-refractivity contribution in [3.63, 3.8) is 0 Å². The van der Waals surface area contributed by atoms with Crippen LogP contribution in [-0.2, 0) is 14.4 Å². The first kappa shape index (κ1) is 20.5. The third kappa shape index (κ3) is 5.20. The summed E-state index contributed by atoms with van der Waals surface area (Å²) >= 11 is 0. The van der Waals surface area contributed by atoms with Gasteiger partial charge in [0, 0.05) is 18.2 Å². The lowest BCUT2D eigenvalue weighted by Gasteiger charge is -2.28. The quantitative estimate of drug-likeness (QED) is 0.712. The number of likely N-dealkylation sites (N-methyl/N-ethyl adjacent to an activating group) is 1. The fourth-order valence-corrected chi connectivity index (χ4v) is 3.49. The van der Waals surface area contributed by atoms with E-state index in [9.17, 15) is 14.4 Å². The number of anilines is 3. The maximum Gasteiger partial charge on any atom is 0.282 e. The molecule has 3 rings (SSSR count). The molecule has 7 heteroatoms. The van der Waals surface area contributed by atoms with E-state index in [2.05, 4.69) is 10.6 Å². The summed E-state index contributed by atoms with van der Waals surface area (Å²) in [6.07, 6.45) is 0.230. The molecule has 0 saturated carbocycles. The molecule has 0 saturated heterocycles. The molecule has 29 heavy (non-hydrogen) atoms. The second kappa shape index (κ2) is 8.87. The summed E-state index contributed by atoms with van der Waals surface area (Å²) in [4.78, 5) is 39.9. The minimum atomic E-state index is -0.264. The maximum absolute atomic E-state index is 13.1. The van der Waals surface area contributed by atoms with E-state index in [1.165, 1.54) is 0 Å². The molecule has 3 amide bonds. The van der Waals surface area contributed by atoms with Crippen molar-refractivity contribution < 1.29 is 19.3 Å². The number of hydrogen-bond acceptors (Lipinski definition) is 3. The van der Waals surface area contributed by atoms with Crippen LogP contribution in [0.1, 0.15) is 18.9 Å². The SMILES string of the molecule is Cc1ccc(NC(=O)C[NH+](C)CC(=O)N2c3ccccc3NC(=O)C[C@H]2C)cc1. The smallest absolute Gasteiger partial charge is 0.282 e. The van der Waals surface area contributed by atoms with E-state index in [4.69, 9.17) is 0 Å². The van der Waals surface area contributed by atoms with Crippen LogP contribution in [0.4, 0.5) is 17.1 Å². The van der Waals surface area contributed by atoms with Gasteiger partial charge in [0.25, 0.3) is 11.8 Å². The number of carbonyl (C=O) groups is 3. The Labute approximate surface area is 170 Å².